The first kappa shape index (κ1) is 17.4. The molecule has 2 aliphatic heterocycles. The van der Waals surface area contributed by atoms with Gasteiger partial charge in [0.15, 0.2) is 0 Å². The highest BCUT2D eigenvalue weighted by Gasteiger charge is 2.28. The Bertz CT molecular complexity index is 517. The number of amides is 1. The SMILES string of the molecule is CN(C(=O)COC1CCNCC1)C1CCN(Cc2ccccc2)C1. The quantitative estimate of drug-likeness (QED) is 0.858. The average molecular weight is 331 g/mol. The topological polar surface area (TPSA) is 44.8 Å². The van der Waals surface area contributed by atoms with Crippen molar-refractivity contribution in [1.82, 2.24) is 15.1 Å². The number of rotatable bonds is 6. The molecule has 5 heteroatoms. The molecule has 1 N–H and O–H groups in total. The smallest absolute Gasteiger partial charge is 0.248 e. The fraction of sp³-hybridized carbons (Fsp3) is 0.632. The fourth-order valence-corrected chi connectivity index (χ4v) is 3.57. The maximum absolute atomic E-state index is 12.4. The van der Waals surface area contributed by atoms with E-state index in [1.807, 2.05) is 18.0 Å². The van der Waals surface area contributed by atoms with E-state index in [0.29, 0.717) is 6.04 Å². The van der Waals surface area contributed by atoms with Gasteiger partial charge in [-0.3, -0.25) is 9.69 Å². The van der Waals surface area contributed by atoms with Crippen LogP contribution in [0.2, 0.25) is 0 Å². The molecule has 0 aliphatic carbocycles. The Kier molecular flexibility index (Phi) is 6.24. The highest BCUT2D eigenvalue weighted by molar-refractivity contribution is 5.77. The molecule has 24 heavy (non-hydrogen) atoms. The molecule has 2 heterocycles. The van der Waals surface area contributed by atoms with Crippen molar-refractivity contribution in [3.63, 3.8) is 0 Å². The molecule has 1 unspecified atom stereocenters. The first-order valence-corrected chi connectivity index (χ1v) is 9.06. The minimum absolute atomic E-state index is 0.111. The van der Waals surface area contributed by atoms with Crippen molar-refractivity contribution >= 4 is 5.91 Å². The molecule has 2 aliphatic rings. The van der Waals surface area contributed by atoms with Gasteiger partial charge in [-0.15, -0.1) is 0 Å². The predicted molar refractivity (Wildman–Crippen MR) is 94.7 cm³/mol. The van der Waals surface area contributed by atoms with Crippen molar-refractivity contribution in [2.45, 2.75) is 38.0 Å². The average Bonchev–Trinajstić information content (AvgIpc) is 3.09. The van der Waals surface area contributed by atoms with Crippen molar-refractivity contribution in [1.29, 1.82) is 0 Å². The Labute approximate surface area is 145 Å². The number of likely N-dealkylation sites (tertiary alicyclic amines) is 1. The maximum atomic E-state index is 12.4. The first-order valence-electron chi connectivity index (χ1n) is 9.06. The maximum Gasteiger partial charge on any atom is 0.248 e. The lowest BCUT2D eigenvalue weighted by Gasteiger charge is -2.27. The second-order valence-electron chi connectivity index (χ2n) is 6.93. The van der Waals surface area contributed by atoms with Gasteiger partial charge in [0.2, 0.25) is 5.91 Å². The van der Waals surface area contributed by atoms with Crippen molar-refractivity contribution in [2.24, 2.45) is 0 Å². The molecule has 2 saturated heterocycles. The summed E-state index contributed by atoms with van der Waals surface area (Å²) in [4.78, 5) is 16.7. The van der Waals surface area contributed by atoms with Gasteiger partial charge in [0, 0.05) is 32.7 Å². The number of hydrogen-bond acceptors (Lipinski definition) is 4. The summed E-state index contributed by atoms with van der Waals surface area (Å²) in [6.45, 7) is 5.16. The van der Waals surface area contributed by atoms with E-state index in [4.69, 9.17) is 4.74 Å². The highest BCUT2D eigenvalue weighted by atomic mass is 16.5. The number of nitrogens with zero attached hydrogens (tertiary/aromatic N) is 2. The highest BCUT2D eigenvalue weighted by Crippen LogP contribution is 2.17. The minimum atomic E-state index is 0.111. The molecule has 132 valence electrons. The summed E-state index contributed by atoms with van der Waals surface area (Å²) < 4.78 is 5.80. The van der Waals surface area contributed by atoms with Crippen molar-refractivity contribution < 1.29 is 9.53 Å². The molecule has 1 atom stereocenters. The molecule has 1 aromatic carbocycles. The van der Waals surface area contributed by atoms with Crippen LogP contribution >= 0.6 is 0 Å². The van der Waals surface area contributed by atoms with Crippen LogP contribution in [-0.2, 0) is 16.1 Å². The number of carbonyl (C=O) groups excluding carboxylic acids is 1. The minimum Gasteiger partial charge on any atom is -0.368 e. The van der Waals surface area contributed by atoms with Crippen LogP contribution in [0.4, 0.5) is 0 Å². The number of nitrogens with one attached hydrogen (secondary N) is 1. The van der Waals surface area contributed by atoms with E-state index in [2.05, 4.69) is 34.5 Å². The number of hydrogen-bond donors (Lipinski definition) is 1. The van der Waals surface area contributed by atoms with Gasteiger partial charge < -0.3 is 15.0 Å². The van der Waals surface area contributed by atoms with Gasteiger partial charge in [-0.25, -0.2) is 0 Å². The lowest BCUT2D eigenvalue weighted by atomic mass is 10.1. The van der Waals surface area contributed by atoms with Crippen molar-refractivity contribution in [2.75, 3.05) is 39.8 Å². The lowest BCUT2D eigenvalue weighted by molar-refractivity contribution is -0.139. The molecule has 0 aromatic heterocycles. The summed E-state index contributed by atoms with van der Waals surface area (Å²) >= 11 is 0. The normalized spacial score (nSPS) is 22.6. The van der Waals surface area contributed by atoms with Gasteiger partial charge >= 0.3 is 0 Å². The Morgan fingerprint density at radius 1 is 1.25 bits per heavy atom. The molecule has 0 saturated carbocycles. The summed E-state index contributed by atoms with van der Waals surface area (Å²) in [5, 5.41) is 3.31. The van der Waals surface area contributed by atoms with E-state index in [1.54, 1.807) is 0 Å². The van der Waals surface area contributed by atoms with Crippen LogP contribution in [0.1, 0.15) is 24.8 Å². The van der Waals surface area contributed by atoms with Crippen LogP contribution in [-0.4, -0.2) is 67.7 Å². The lowest BCUT2D eigenvalue weighted by Crippen LogP contribution is -2.42. The first-order chi connectivity index (χ1) is 11.7. The van der Waals surface area contributed by atoms with Crippen LogP contribution in [0, 0.1) is 0 Å². The summed E-state index contributed by atoms with van der Waals surface area (Å²) in [5.41, 5.74) is 1.33. The molecule has 0 bridgehead atoms. The molecule has 2 fully saturated rings. The Hall–Kier alpha value is -1.43. The molecule has 1 amide bonds. The summed E-state index contributed by atoms with van der Waals surface area (Å²) in [6.07, 6.45) is 3.29. The number of ether oxygens (including phenoxy) is 1. The van der Waals surface area contributed by atoms with E-state index in [0.717, 1.165) is 52.0 Å². The van der Waals surface area contributed by atoms with Crippen LogP contribution in [0.3, 0.4) is 0 Å². The van der Waals surface area contributed by atoms with Gasteiger partial charge in [0.05, 0.1) is 6.10 Å². The summed E-state index contributed by atoms with van der Waals surface area (Å²) in [5.74, 6) is 0.111. The van der Waals surface area contributed by atoms with E-state index in [-0.39, 0.29) is 18.6 Å². The Balaban J connectivity index is 1.41. The number of benzene rings is 1. The molecule has 0 radical (unpaired) electrons. The monoisotopic (exact) mass is 331 g/mol. The largest absolute Gasteiger partial charge is 0.368 e. The molecular weight excluding hydrogens is 302 g/mol. The second-order valence-corrected chi connectivity index (χ2v) is 6.93. The van der Waals surface area contributed by atoms with Gasteiger partial charge in [0.25, 0.3) is 0 Å². The van der Waals surface area contributed by atoms with Gasteiger partial charge in [-0.05, 0) is 37.9 Å². The van der Waals surface area contributed by atoms with Crippen LogP contribution < -0.4 is 5.32 Å². The Morgan fingerprint density at radius 2 is 2.00 bits per heavy atom. The molecule has 5 nitrogen and oxygen atoms in total. The summed E-state index contributed by atoms with van der Waals surface area (Å²) in [6, 6.07) is 10.8. The van der Waals surface area contributed by atoms with Gasteiger partial charge in [0.1, 0.15) is 6.61 Å². The number of likely N-dealkylation sites (N-methyl/N-ethyl adjacent to an activating group) is 1. The Morgan fingerprint density at radius 3 is 2.75 bits per heavy atom. The zero-order chi connectivity index (χ0) is 16.8. The molecular formula is C19H29N3O2. The van der Waals surface area contributed by atoms with Crippen molar-refractivity contribution in [3.05, 3.63) is 35.9 Å². The van der Waals surface area contributed by atoms with Crippen LogP contribution in [0.15, 0.2) is 30.3 Å². The van der Waals surface area contributed by atoms with Crippen molar-refractivity contribution in [3.8, 4) is 0 Å². The van der Waals surface area contributed by atoms with Gasteiger partial charge in [-0.1, -0.05) is 30.3 Å². The van der Waals surface area contributed by atoms with Gasteiger partial charge in [-0.2, -0.15) is 0 Å². The molecule has 1 aromatic rings. The van der Waals surface area contributed by atoms with E-state index < -0.39 is 0 Å². The zero-order valence-electron chi connectivity index (χ0n) is 14.6. The van der Waals surface area contributed by atoms with Crippen LogP contribution in [0.5, 0.6) is 0 Å². The third kappa shape index (κ3) is 4.79. The third-order valence-corrected chi connectivity index (χ3v) is 5.17. The van der Waals surface area contributed by atoms with E-state index >= 15 is 0 Å². The molecule has 0 spiro atoms. The summed E-state index contributed by atoms with van der Waals surface area (Å²) in [7, 11) is 1.92. The van der Waals surface area contributed by atoms with E-state index in [9.17, 15) is 4.79 Å². The van der Waals surface area contributed by atoms with E-state index in [1.165, 1.54) is 5.56 Å². The number of piperidine rings is 1. The fourth-order valence-electron chi connectivity index (χ4n) is 3.57. The molecule has 3 rings (SSSR count). The third-order valence-electron chi connectivity index (χ3n) is 5.17. The second kappa shape index (κ2) is 8.60. The number of carbonyl (C=O) groups is 1. The van der Waals surface area contributed by atoms with Crippen LogP contribution in [0.25, 0.3) is 0 Å². The standard InChI is InChI=1S/C19H29N3O2/c1-21(19(23)15-24-18-7-10-20-11-8-18)17-9-12-22(14-17)13-16-5-3-2-4-6-16/h2-6,17-18,20H,7-15H2,1H3. The zero-order valence-corrected chi connectivity index (χ0v) is 14.6. The predicted octanol–water partition coefficient (Wildman–Crippen LogP) is 1.49.